The molecular formula is C38H55N3O6. The van der Waals surface area contributed by atoms with E-state index in [-0.39, 0.29) is 40.8 Å². The van der Waals surface area contributed by atoms with Gasteiger partial charge in [0.15, 0.2) is 11.6 Å². The first-order valence-electron chi connectivity index (χ1n) is 17.6. The first-order chi connectivity index (χ1) is 21.9. The molecule has 0 radical (unpaired) electrons. The Kier molecular flexibility index (Phi) is 9.30. The van der Waals surface area contributed by atoms with Crippen LogP contribution in [-0.2, 0) is 29.0 Å². The second-order valence-electron chi connectivity index (χ2n) is 16.8. The molecule has 1 amide bonds. The van der Waals surface area contributed by atoms with E-state index in [1.807, 2.05) is 0 Å². The van der Waals surface area contributed by atoms with Gasteiger partial charge in [-0.3, -0.25) is 14.6 Å². The molecular weight excluding hydrogens is 594 g/mol. The monoisotopic (exact) mass is 649 g/mol. The minimum Gasteiger partial charge on any atom is -0.310 e. The van der Waals surface area contributed by atoms with Gasteiger partial charge in [-0.1, -0.05) is 54.9 Å². The number of anilines is 1. The van der Waals surface area contributed by atoms with Gasteiger partial charge in [0.1, 0.15) is 5.41 Å². The van der Waals surface area contributed by atoms with Crippen LogP contribution in [0.15, 0.2) is 29.7 Å². The fourth-order valence-corrected chi connectivity index (χ4v) is 11.7. The summed E-state index contributed by atoms with van der Waals surface area (Å²) >= 11 is 0. The van der Waals surface area contributed by atoms with Gasteiger partial charge in [-0.15, -0.1) is 0 Å². The zero-order valence-electron chi connectivity index (χ0n) is 30.0. The maximum absolute atomic E-state index is 13.6. The number of nitrogens with one attached hydrogen (secondary N) is 1. The van der Waals surface area contributed by atoms with Gasteiger partial charge in [0.25, 0.3) is 0 Å². The van der Waals surface area contributed by atoms with Crippen LogP contribution in [0.25, 0.3) is 0 Å². The largest absolute Gasteiger partial charge is 0.366 e. The van der Waals surface area contributed by atoms with E-state index in [1.54, 1.807) is 6.20 Å². The van der Waals surface area contributed by atoms with E-state index < -0.39 is 17.4 Å². The molecule has 1 N–H and O–H groups in total. The molecule has 0 bridgehead atoms. The Morgan fingerprint density at radius 3 is 2.21 bits per heavy atom. The number of aromatic nitrogens is 2. The molecule has 5 aliphatic rings. The third-order valence-electron chi connectivity index (χ3n) is 13.7. The quantitative estimate of drug-likeness (QED) is 0.260. The molecule has 258 valence electrons. The molecule has 1 aromatic heterocycles. The second kappa shape index (κ2) is 12.4. The summed E-state index contributed by atoms with van der Waals surface area (Å²) in [5.41, 5.74) is 1.78. The minimum absolute atomic E-state index is 0.0107. The zero-order chi connectivity index (χ0) is 34.6. The Bertz CT molecular complexity index is 1450. The number of ketones is 1. The summed E-state index contributed by atoms with van der Waals surface area (Å²) in [7, 11) is 0. The predicted molar refractivity (Wildman–Crippen MR) is 178 cm³/mol. The van der Waals surface area contributed by atoms with Crippen molar-refractivity contribution in [2.75, 3.05) is 5.32 Å². The molecule has 47 heavy (non-hydrogen) atoms. The van der Waals surface area contributed by atoms with Crippen LogP contribution >= 0.6 is 0 Å². The van der Waals surface area contributed by atoms with Crippen molar-refractivity contribution in [2.24, 2.45) is 50.7 Å². The number of fused-ring (bicyclic) bond motifs is 7. The van der Waals surface area contributed by atoms with Gasteiger partial charge in [0, 0.05) is 32.7 Å². The van der Waals surface area contributed by atoms with E-state index in [2.05, 4.69) is 63.8 Å². The summed E-state index contributed by atoms with van der Waals surface area (Å²) < 4.78 is 0. The van der Waals surface area contributed by atoms with Crippen LogP contribution in [0, 0.1) is 50.7 Å². The topological polar surface area (TPSA) is 125 Å². The Labute approximate surface area is 280 Å². The number of Topliss-reactive ketones (excluding diaryl/α,β-unsaturated/α-hetero) is 1. The van der Waals surface area contributed by atoms with Gasteiger partial charge < -0.3 is 5.32 Å². The molecule has 6 rings (SSSR count). The van der Waals surface area contributed by atoms with Gasteiger partial charge >= 0.3 is 11.9 Å². The third-order valence-corrected chi connectivity index (χ3v) is 13.7. The smallest absolute Gasteiger partial charge is 0.310 e. The molecule has 0 spiro atoms. The van der Waals surface area contributed by atoms with E-state index in [1.165, 1.54) is 58.3 Å². The number of carbonyl (C=O) groups is 4. The second-order valence-corrected chi connectivity index (χ2v) is 16.8. The van der Waals surface area contributed by atoms with Crippen LogP contribution in [0.5, 0.6) is 0 Å². The summed E-state index contributed by atoms with van der Waals surface area (Å²) in [6.45, 7) is 19.4. The molecule has 0 aliphatic heterocycles. The number of allylic oxidation sites excluding steroid dienone is 1. The highest BCUT2D eigenvalue weighted by Gasteiger charge is 2.70. The summed E-state index contributed by atoms with van der Waals surface area (Å²) in [4.78, 5) is 66.4. The van der Waals surface area contributed by atoms with Crippen molar-refractivity contribution in [1.82, 2.24) is 9.97 Å². The van der Waals surface area contributed by atoms with Gasteiger partial charge in [-0.05, 0) is 108 Å². The van der Waals surface area contributed by atoms with Crippen LogP contribution < -0.4 is 5.32 Å². The molecule has 4 fully saturated rings. The van der Waals surface area contributed by atoms with Crippen LogP contribution in [0.1, 0.15) is 127 Å². The highest BCUT2D eigenvalue weighted by molar-refractivity contribution is 6.06. The summed E-state index contributed by atoms with van der Waals surface area (Å²) in [5.74, 6) is 0.839. The highest BCUT2D eigenvalue weighted by atomic mass is 17.2. The Morgan fingerprint density at radius 2 is 1.60 bits per heavy atom. The molecule has 0 saturated heterocycles. The summed E-state index contributed by atoms with van der Waals surface area (Å²) in [6, 6.07) is 0. The van der Waals surface area contributed by atoms with E-state index in [9.17, 15) is 19.2 Å². The molecule has 4 saturated carbocycles. The van der Waals surface area contributed by atoms with Gasteiger partial charge in [0.05, 0.1) is 6.20 Å². The lowest BCUT2D eigenvalue weighted by Gasteiger charge is -2.71. The molecule has 1 aromatic rings. The van der Waals surface area contributed by atoms with Crippen molar-refractivity contribution in [3.05, 3.63) is 29.7 Å². The molecule has 0 unspecified atom stereocenters. The lowest BCUT2D eigenvalue weighted by atomic mass is 9.33. The van der Waals surface area contributed by atoms with Crippen molar-refractivity contribution < 1.29 is 29.0 Å². The summed E-state index contributed by atoms with van der Waals surface area (Å²) in [6.07, 6.45) is 14.8. The molecule has 0 aromatic carbocycles. The van der Waals surface area contributed by atoms with E-state index in [0.29, 0.717) is 29.0 Å². The van der Waals surface area contributed by atoms with Crippen molar-refractivity contribution >= 4 is 29.4 Å². The van der Waals surface area contributed by atoms with Crippen LogP contribution in [0.4, 0.5) is 5.82 Å². The summed E-state index contributed by atoms with van der Waals surface area (Å²) in [5, 5.41) is 2.49. The molecule has 1 heterocycles. The van der Waals surface area contributed by atoms with E-state index in [4.69, 9.17) is 9.78 Å². The zero-order valence-corrected chi connectivity index (χ0v) is 30.0. The van der Waals surface area contributed by atoms with Crippen LogP contribution in [0.2, 0.25) is 0 Å². The molecule has 5 aliphatic carbocycles. The number of rotatable bonds is 3. The number of hydrogen-bond acceptors (Lipinski definition) is 8. The van der Waals surface area contributed by atoms with Crippen molar-refractivity contribution in [1.29, 1.82) is 0 Å². The Hall–Kier alpha value is -3.10. The van der Waals surface area contributed by atoms with E-state index in [0.717, 1.165) is 36.3 Å². The highest BCUT2D eigenvalue weighted by Crippen LogP contribution is 2.76. The maximum atomic E-state index is 13.6. The molecule has 7 atom stereocenters. The minimum atomic E-state index is -0.993. The van der Waals surface area contributed by atoms with Crippen LogP contribution in [0.3, 0.4) is 0 Å². The SMILES string of the molecule is CC(=O)Nc1cnccn1.CC(=O)OOC(=O)[C@@]12CC[C@]3(C)[C@H](CC[C@@H]4[C@@]5(C)CCCC(C)(C)[C@@H]5CC[C@]43C)C1=C(C(C)C)C(=O)C2. The molecule has 9 heteroatoms. The lowest BCUT2D eigenvalue weighted by molar-refractivity contribution is -0.267. The average molecular weight is 650 g/mol. The Balaban J connectivity index is 0.000000371. The number of hydrogen-bond donors (Lipinski definition) is 1. The van der Waals surface area contributed by atoms with Crippen molar-refractivity contribution in [3.8, 4) is 0 Å². The number of amides is 1. The normalized spacial score (nSPS) is 36.9. The van der Waals surface area contributed by atoms with Gasteiger partial charge in [0.2, 0.25) is 5.91 Å². The fourth-order valence-electron chi connectivity index (χ4n) is 11.7. The van der Waals surface area contributed by atoms with E-state index >= 15 is 0 Å². The van der Waals surface area contributed by atoms with Gasteiger partial charge in [-0.25, -0.2) is 24.3 Å². The standard InChI is InChI=1S/C32H48O5.C6H7N3O/c1-19(2)25-22(34)18-32(27(35)37-36-20(3)33)17-16-30(7)21(26(25)32)10-11-24-29(6)14-9-13-28(4,5)23(29)12-15-31(24,30)8;1-5(10)9-6-4-7-2-3-8-6/h19,21,23-24H,9-18H2,1-8H3;2-4H,1H3,(H,8,9,10)/t21-,23+,24-,29+,30-,31-,32-;/m1./s1. The fraction of sp³-hybridized carbons (Fsp3) is 0.737. The Morgan fingerprint density at radius 1 is 0.872 bits per heavy atom. The first-order valence-corrected chi connectivity index (χ1v) is 17.6. The first kappa shape index (κ1) is 35.2. The average Bonchev–Trinajstić information content (AvgIpc) is 3.29. The lowest BCUT2D eigenvalue weighted by Crippen LogP contribution is -2.64. The van der Waals surface area contributed by atoms with Crippen LogP contribution in [-0.4, -0.2) is 33.6 Å². The van der Waals surface area contributed by atoms with Crippen molar-refractivity contribution in [3.63, 3.8) is 0 Å². The maximum Gasteiger partial charge on any atom is 0.366 e. The van der Waals surface area contributed by atoms with Gasteiger partial charge in [-0.2, -0.15) is 0 Å². The third kappa shape index (κ3) is 5.73. The number of nitrogens with zero attached hydrogens (tertiary/aromatic N) is 2. The predicted octanol–water partition coefficient (Wildman–Crippen LogP) is 7.81. The molecule has 9 nitrogen and oxygen atoms in total. The number of carbonyl (C=O) groups excluding carboxylic acids is 4. The van der Waals surface area contributed by atoms with Crippen molar-refractivity contribution in [2.45, 2.75) is 127 Å².